The van der Waals surface area contributed by atoms with Crippen LogP contribution in [-0.2, 0) is 0 Å². The first-order valence-corrected chi connectivity index (χ1v) is 7.26. The molecule has 112 valence electrons. The number of likely N-dealkylation sites (N-methyl/N-ethyl adjacent to an activating group) is 1. The zero-order valence-corrected chi connectivity index (χ0v) is 13.5. The molecular formula is C15H17BrN2O3. The molecule has 1 N–H and O–H groups in total. The van der Waals surface area contributed by atoms with Crippen LogP contribution in [0.4, 0.5) is 0 Å². The molecule has 1 heterocycles. The van der Waals surface area contributed by atoms with Crippen LogP contribution >= 0.6 is 15.9 Å². The Morgan fingerprint density at radius 3 is 2.67 bits per heavy atom. The number of aromatic amines is 1. The van der Waals surface area contributed by atoms with Crippen LogP contribution in [0, 0.1) is 0 Å². The van der Waals surface area contributed by atoms with Gasteiger partial charge in [-0.3, -0.25) is 4.79 Å². The van der Waals surface area contributed by atoms with Crippen molar-refractivity contribution in [1.29, 1.82) is 0 Å². The smallest absolute Gasteiger partial charge is 0.270 e. The van der Waals surface area contributed by atoms with Crippen LogP contribution < -0.4 is 9.47 Å². The van der Waals surface area contributed by atoms with Crippen molar-refractivity contribution in [2.24, 2.45) is 0 Å². The molecule has 0 bridgehead atoms. The molecule has 0 aliphatic rings. The van der Waals surface area contributed by atoms with Gasteiger partial charge in [-0.15, -0.1) is 0 Å². The minimum Gasteiger partial charge on any atom is -0.493 e. The second-order valence-electron chi connectivity index (χ2n) is 4.46. The summed E-state index contributed by atoms with van der Waals surface area (Å²) >= 11 is 3.31. The number of benzene rings is 1. The molecule has 2 aromatic rings. The molecule has 2 rings (SSSR count). The summed E-state index contributed by atoms with van der Waals surface area (Å²) in [4.78, 5) is 16.6. The normalized spacial score (nSPS) is 10.2. The summed E-state index contributed by atoms with van der Waals surface area (Å²) in [5.74, 6) is 1.27. The molecule has 0 spiro atoms. The van der Waals surface area contributed by atoms with E-state index in [1.54, 1.807) is 31.3 Å². The molecule has 1 aromatic carbocycles. The lowest BCUT2D eigenvalue weighted by atomic mass is 10.3. The number of para-hydroxylation sites is 2. The van der Waals surface area contributed by atoms with Gasteiger partial charge in [0, 0.05) is 17.7 Å². The monoisotopic (exact) mass is 352 g/mol. The highest BCUT2D eigenvalue weighted by Gasteiger charge is 2.13. The molecule has 0 aliphatic heterocycles. The number of rotatable bonds is 6. The molecule has 5 nitrogen and oxygen atoms in total. The fraction of sp³-hybridized carbons (Fsp3) is 0.267. The average Bonchev–Trinajstić information content (AvgIpc) is 2.93. The maximum Gasteiger partial charge on any atom is 0.270 e. The van der Waals surface area contributed by atoms with Gasteiger partial charge in [-0.25, -0.2) is 0 Å². The number of carbonyl (C=O) groups is 1. The van der Waals surface area contributed by atoms with Crippen molar-refractivity contribution in [3.05, 3.63) is 46.7 Å². The number of amides is 1. The number of nitrogens with zero attached hydrogens (tertiary/aromatic N) is 1. The number of aromatic nitrogens is 1. The van der Waals surface area contributed by atoms with Crippen molar-refractivity contribution >= 4 is 21.8 Å². The van der Waals surface area contributed by atoms with Crippen LogP contribution in [0.1, 0.15) is 10.5 Å². The van der Waals surface area contributed by atoms with Crippen molar-refractivity contribution < 1.29 is 14.3 Å². The summed E-state index contributed by atoms with van der Waals surface area (Å²) in [6.45, 7) is 0.873. The number of nitrogens with one attached hydrogen (secondary N) is 1. The zero-order valence-electron chi connectivity index (χ0n) is 11.9. The van der Waals surface area contributed by atoms with Crippen LogP contribution in [0.3, 0.4) is 0 Å². The predicted octanol–water partition coefficient (Wildman–Crippen LogP) is 2.94. The Morgan fingerprint density at radius 2 is 2.05 bits per heavy atom. The minimum absolute atomic E-state index is 0.0793. The molecule has 0 radical (unpaired) electrons. The summed E-state index contributed by atoms with van der Waals surface area (Å²) < 4.78 is 11.7. The summed E-state index contributed by atoms with van der Waals surface area (Å²) in [7, 11) is 3.34. The van der Waals surface area contributed by atoms with E-state index in [-0.39, 0.29) is 5.91 Å². The Kier molecular flexibility index (Phi) is 5.27. The largest absolute Gasteiger partial charge is 0.493 e. The number of hydrogen-bond acceptors (Lipinski definition) is 3. The molecule has 0 atom stereocenters. The number of hydrogen-bond donors (Lipinski definition) is 1. The highest BCUT2D eigenvalue weighted by Crippen LogP contribution is 2.25. The fourth-order valence-electron chi connectivity index (χ4n) is 1.83. The first kappa shape index (κ1) is 15.4. The number of H-pyrrole nitrogens is 1. The van der Waals surface area contributed by atoms with Gasteiger partial charge in [0.2, 0.25) is 0 Å². The SMILES string of the molecule is COc1ccccc1OCCN(C)C(=O)c1cc(Br)c[nH]1. The Bertz CT molecular complexity index is 612. The van der Waals surface area contributed by atoms with Crippen molar-refractivity contribution in [3.63, 3.8) is 0 Å². The van der Waals surface area contributed by atoms with Crippen LogP contribution in [-0.4, -0.2) is 43.1 Å². The molecular weight excluding hydrogens is 336 g/mol. The van der Waals surface area contributed by atoms with Crippen molar-refractivity contribution in [2.75, 3.05) is 27.3 Å². The third-order valence-corrected chi connectivity index (χ3v) is 3.44. The van der Waals surface area contributed by atoms with Gasteiger partial charge in [0.25, 0.3) is 5.91 Å². The van der Waals surface area contributed by atoms with E-state index >= 15 is 0 Å². The molecule has 1 aromatic heterocycles. The topological polar surface area (TPSA) is 54.6 Å². The van der Waals surface area contributed by atoms with Gasteiger partial charge in [-0.2, -0.15) is 0 Å². The number of ether oxygens (including phenoxy) is 2. The molecule has 1 amide bonds. The third kappa shape index (κ3) is 4.01. The van der Waals surface area contributed by atoms with Gasteiger partial charge in [-0.05, 0) is 34.1 Å². The second-order valence-corrected chi connectivity index (χ2v) is 5.37. The highest BCUT2D eigenvalue weighted by molar-refractivity contribution is 9.10. The van der Waals surface area contributed by atoms with E-state index in [9.17, 15) is 4.79 Å². The Morgan fingerprint density at radius 1 is 1.33 bits per heavy atom. The zero-order chi connectivity index (χ0) is 15.2. The van der Waals surface area contributed by atoms with Crippen LogP contribution in [0.25, 0.3) is 0 Å². The number of methoxy groups -OCH3 is 1. The first-order valence-electron chi connectivity index (χ1n) is 6.47. The van der Waals surface area contributed by atoms with E-state index in [1.165, 1.54) is 0 Å². The summed E-state index contributed by atoms with van der Waals surface area (Å²) in [5, 5.41) is 0. The van der Waals surface area contributed by atoms with Gasteiger partial charge in [-0.1, -0.05) is 12.1 Å². The lowest BCUT2D eigenvalue weighted by molar-refractivity contribution is 0.0768. The number of halogens is 1. The van der Waals surface area contributed by atoms with Crippen LogP contribution in [0.2, 0.25) is 0 Å². The predicted molar refractivity (Wildman–Crippen MR) is 83.9 cm³/mol. The van der Waals surface area contributed by atoms with Crippen molar-refractivity contribution in [2.45, 2.75) is 0 Å². The molecule has 21 heavy (non-hydrogen) atoms. The van der Waals surface area contributed by atoms with Gasteiger partial charge < -0.3 is 19.4 Å². The molecule has 6 heteroatoms. The Hall–Kier alpha value is -1.95. The van der Waals surface area contributed by atoms with E-state index in [4.69, 9.17) is 9.47 Å². The molecule has 0 unspecified atom stereocenters. The summed E-state index contributed by atoms with van der Waals surface area (Å²) in [6.07, 6.45) is 1.73. The minimum atomic E-state index is -0.0793. The first-order chi connectivity index (χ1) is 10.1. The van der Waals surface area contributed by atoms with E-state index in [0.29, 0.717) is 30.3 Å². The lowest BCUT2D eigenvalue weighted by Gasteiger charge is -2.17. The third-order valence-electron chi connectivity index (χ3n) is 2.98. The van der Waals surface area contributed by atoms with Crippen LogP contribution in [0.5, 0.6) is 11.5 Å². The van der Waals surface area contributed by atoms with E-state index in [2.05, 4.69) is 20.9 Å². The Balaban J connectivity index is 1.87. The van der Waals surface area contributed by atoms with Gasteiger partial charge in [0.05, 0.1) is 13.7 Å². The second kappa shape index (κ2) is 7.17. The Labute approximate surface area is 132 Å². The lowest BCUT2D eigenvalue weighted by Crippen LogP contribution is -2.31. The average molecular weight is 353 g/mol. The maximum atomic E-state index is 12.1. The van der Waals surface area contributed by atoms with Gasteiger partial charge >= 0.3 is 0 Å². The van der Waals surface area contributed by atoms with E-state index in [0.717, 1.165) is 4.47 Å². The quantitative estimate of drug-likeness (QED) is 0.869. The summed E-state index contributed by atoms with van der Waals surface area (Å²) in [6, 6.07) is 9.18. The molecule has 0 aliphatic carbocycles. The van der Waals surface area contributed by atoms with Gasteiger partial charge in [0.1, 0.15) is 12.3 Å². The molecule has 0 saturated carbocycles. The van der Waals surface area contributed by atoms with E-state index in [1.807, 2.05) is 24.3 Å². The standard InChI is InChI=1S/C15H17BrN2O3/c1-18(15(19)12-9-11(16)10-17-12)7-8-21-14-6-4-3-5-13(14)20-2/h3-6,9-10,17H,7-8H2,1-2H3. The number of carbonyl (C=O) groups excluding carboxylic acids is 1. The van der Waals surface area contributed by atoms with Crippen molar-refractivity contribution in [3.8, 4) is 11.5 Å². The maximum absolute atomic E-state index is 12.1. The van der Waals surface area contributed by atoms with Crippen molar-refractivity contribution in [1.82, 2.24) is 9.88 Å². The fourth-order valence-corrected chi connectivity index (χ4v) is 2.17. The summed E-state index contributed by atoms with van der Waals surface area (Å²) in [5.41, 5.74) is 0.543. The highest BCUT2D eigenvalue weighted by atomic mass is 79.9. The van der Waals surface area contributed by atoms with Gasteiger partial charge in [0.15, 0.2) is 11.5 Å². The van der Waals surface area contributed by atoms with Crippen LogP contribution in [0.15, 0.2) is 41.0 Å². The molecule has 0 saturated heterocycles. The molecule has 0 fully saturated rings. The van der Waals surface area contributed by atoms with E-state index < -0.39 is 0 Å².